The second-order valence-corrected chi connectivity index (χ2v) is 5.92. The smallest absolute Gasteiger partial charge is 0.292 e. The van der Waals surface area contributed by atoms with Gasteiger partial charge in [-0.2, -0.15) is 0 Å². The van der Waals surface area contributed by atoms with Crippen molar-refractivity contribution in [2.75, 3.05) is 45.2 Å². The van der Waals surface area contributed by atoms with E-state index in [1.54, 1.807) is 25.3 Å². The standard InChI is InChI=1S/C16H24N4O4.ClH/c1-24-12-16(6-8-17-9-7-16)15(21)19-11-10-18-13-4-2-3-5-14(13)20(22)23;/h2-5,17-18H,6-12H2,1H3,(H,19,21);1H. The Bertz CT molecular complexity index is 573. The van der Waals surface area contributed by atoms with Gasteiger partial charge in [-0.25, -0.2) is 0 Å². The van der Waals surface area contributed by atoms with Crippen LogP contribution < -0.4 is 16.0 Å². The van der Waals surface area contributed by atoms with Crippen LogP contribution in [-0.2, 0) is 9.53 Å². The summed E-state index contributed by atoms with van der Waals surface area (Å²) in [6, 6.07) is 6.45. The number of halogens is 1. The summed E-state index contributed by atoms with van der Waals surface area (Å²) in [5, 5.41) is 20.1. The number of nitro groups is 1. The van der Waals surface area contributed by atoms with Crippen LogP contribution in [0.25, 0.3) is 0 Å². The zero-order valence-corrected chi connectivity index (χ0v) is 15.1. The third-order valence-electron chi connectivity index (χ3n) is 4.29. The highest BCUT2D eigenvalue weighted by Gasteiger charge is 2.39. The van der Waals surface area contributed by atoms with Gasteiger partial charge in [-0.1, -0.05) is 12.1 Å². The fourth-order valence-electron chi connectivity index (χ4n) is 2.96. The first-order valence-electron chi connectivity index (χ1n) is 8.04. The predicted octanol–water partition coefficient (Wildman–Crippen LogP) is 1.56. The zero-order chi connectivity index (χ0) is 17.4. The molecule has 0 bridgehead atoms. The highest BCUT2D eigenvalue weighted by molar-refractivity contribution is 5.85. The fraction of sp³-hybridized carbons (Fsp3) is 0.562. The van der Waals surface area contributed by atoms with Crippen molar-refractivity contribution in [1.29, 1.82) is 0 Å². The highest BCUT2D eigenvalue weighted by Crippen LogP contribution is 2.29. The van der Waals surface area contributed by atoms with Crippen molar-refractivity contribution in [2.45, 2.75) is 12.8 Å². The van der Waals surface area contributed by atoms with Crippen LogP contribution in [0.3, 0.4) is 0 Å². The first-order valence-corrected chi connectivity index (χ1v) is 8.04. The van der Waals surface area contributed by atoms with Crippen molar-refractivity contribution in [3.8, 4) is 0 Å². The number of carbonyl (C=O) groups excluding carboxylic acids is 1. The molecule has 0 aromatic heterocycles. The van der Waals surface area contributed by atoms with Gasteiger partial charge in [0, 0.05) is 26.3 Å². The van der Waals surface area contributed by atoms with Gasteiger partial charge < -0.3 is 20.7 Å². The molecular formula is C16H25ClN4O4. The van der Waals surface area contributed by atoms with E-state index in [9.17, 15) is 14.9 Å². The molecule has 140 valence electrons. The summed E-state index contributed by atoms with van der Waals surface area (Å²) in [6.45, 7) is 2.80. The molecule has 0 saturated carbocycles. The Hall–Kier alpha value is -1.90. The number of nitrogens with zero attached hydrogens (tertiary/aromatic N) is 1. The molecule has 1 aliphatic heterocycles. The minimum Gasteiger partial charge on any atom is -0.384 e. The van der Waals surface area contributed by atoms with E-state index in [1.807, 2.05) is 0 Å². The van der Waals surface area contributed by atoms with E-state index < -0.39 is 10.3 Å². The van der Waals surface area contributed by atoms with Crippen LogP contribution in [0.5, 0.6) is 0 Å². The molecule has 2 rings (SSSR count). The lowest BCUT2D eigenvalue weighted by Crippen LogP contribution is -2.50. The summed E-state index contributed by atoms with van der Waals surface area (Å²) in [6.07, 6.45) is 1.48. The molecule has 1 aromatic rings. The van der Waals surface area contributed by atoms with Gasteiger partial charge in [-0.15, -0.1) is 12.4 Å². The first-order chi connectivity index (χ1) is 11.6. The Morgan fingerprint density at radius 3 is 2.64 bits per heavy atom. The molecule has 1 amide bonds. The summed E-state index contributed by atoms with van der Waals surface area (Å²) in [7, 11) is 1.60. The fourth-order valence-corrected chi connectivity index (χ4v) is 2.96. The number of anilines is 1. The number of hydrogen-bond donors (Lipinski definition) is 3. The molecule has 1 aromatic carbocycles. The maximum atomic E-state index is 12.5. The van der Waals surface area contributed by atoms with E-state index in [1.165, 1.54) is 6.07 Å². The van der Waals surface area contributed by atoms with E-state index in [2.05, 4.69) is 16.0 Å². The van der Waals surface area contributed by atoms with E-state index in [0.717, 1.165) is 25.9 Å². The lowest BCUT2D eigenvalue weighted by Gasteiger charge is -2.35. The molecule has 9 heteroatoms. The van der Waals surface area contributed by atoms with Crippen molar-refractivity contribution in [1.82, 2.24) is 10.6 Å². The molecule has 0 unspecified atom stereocenters. The summed E-state index contributed by atoms with van der Waals surface area (Å²) in [5.41, 5.74) is -0.0121. The van der Waals surface area contributed by atoms with E-state index in [4.69, 9.17) is 4.74 Å². The second kappa shape index (κ2) is 10.2. The topological polar surface area (TPSA) is 106 Å². The molecule has 1 saturated heterocycles. The van der Waals surface area contributed by atoms with Crippen LogP contribution in [0.2, 0.25) is 0 Å². The summed E-state index contributed by atoms with van der Waals surface area (Å²) in [4.78, 5) is 23.1. The molecule has 1 heterocycles. The Labute approximate surface area is 153 Å². The van der Waals surface area contributed by atoms with Crippen molar-refractivity contribution in [3.63, 3.8) is 0 Å². The van der Waals surface area contributed by atoms with Crippen LogP contribution in [0.15, 0.2) is 24.3 Å². The SMILES string of the molecule is COCC1(C(=O)NCCNc2ccccc2[N+](=O)[O-])CCNCC1.Cl. The quantitative estimate of drug-likeness (QED) is 0.363. The highest BCUT2D eigenvalue weighted by atomic mass is 35.5. The zero-order valence-electron chi connectivity index (χ0n) is 14.2. The summed E-state index contributed by atoms with van der Waals surface area (Å²) >= 11 is 0. The molecule has 0 aliphatic carbocycles. The van der Waals surface area contributed by atoms with Gasteiger partial charge in [-0.05, 0) is 32.0 Å². The maximum Gasteiger partial charge on any atom is 0.292 e. The molecular weight excluding hydrogens is 348 g/mol. The van der Waals surface area contributed by atoms with Crippen LogP contribution in [0.4, 0.5) is 11.4 Å². The minimum absolute atomic E-state index is 0. The lowest BCUT2D eigenvalue weighted by molar-refractivity contribution is -0.384. The van der Waals surface area contributed by atoms with Crippen molar-refractivity contribution in [3.05, 3.63) is 34.4 Å². The molecule has 1 aliphatic rings. The summed E-state index contributed by atoms with van der Waals surface area (Å²) in [5.74, 6) is -0.0183. The predicted molar refractivity (Wildman–Crippen MR) is 98.3 cm³/mol. The van der Waals surface area contributed by atoms with E-state index in [-0.39, 0.29) is 24.0 Å². The van der Waals surface area contributed by atoms with Gasteiger partial charge in [0.1, 0.15) is 5.69 Å². The van der Waals surface area contributed by atoms with Crippen LogP contribution in [0, 0.1) is 15.5 Å². The molecule has 1 fully saturated rings. The second-order valence-electron chi connectivity index (χ2n) is 5.92. The molecule has 0 spiro atoms. The molecule has 25 heavy (non-hydrogen) atoms. The number of piperidine rings is 1. The average Bonchev–Trinajstić information content (AvgIpc) is 2.59. The Morgan fingerprint density at radius 2 is 2.00 bits per heavy atom. The molecule has 0 atom stereocenters. The van der Waals surface area contributed by atoms with Crippen molar-refractivity contribution < 1.29 is 14.5 Å². The van der Waals surface area contributed by atoms with Gasteiger partial charge in [0.2, 0.25) is 5.91 Å². The lowest BCUT2D eigenvalue weighted by atomic mass is 9.78. The number of nitro benzene ring substituents is 1. The Balaban J connectivity index is 0.00000312. The third-order valence-corrected chi connectivity index (χ3v) is 4.29. The third kappa shape index (κ3) is 5.55. The van der Waals surface area contributed by atoms with Crippen molar-refractivity contribution >= 4 is 29.7 Å². The molecule has 3 N–H and O–H groups in total. The first kappa shape index (κ1) is 21.1. The number of ether oxygens (including phenoxy) is 1. The average molecular weight is 373 g/mol. The monoisotopic (exact) mass is 372 g/mol. The summed E-state index contributed by atoms with van der Waals surface area (Å²) < 4.78 is 5.24. The number of para-hydroxylation sites is 2. The molecule has 8 nitrogen and oxygen atoms in total. The Morgan fingerprint density at radius 1 is 1.32 bits per heavy atom. The van der Waals surface area contributed by atoms with Gasteiger partial charge in [-0.3, -0.25) is 14.9 Å². The number of nitrogens with one attached hydrogen (secondary N) is 3. The minimum atomic E-state index is -0.487. The number of amides is 1. The maximum absolute atomic E-state index is 12.5. The number of methoxy groups -OCH3 is 1. The van der Waals surface area contributed by atoms with Gasteiger partial charge in [0.25, 0.3) is 5.69 Å². The van der Waals surface area contributed by atoms with Crippen LogP contribution in [0.1, 0.15) is 12.8 Å². The number of hydrogen-bond acceptors (Lipinski definition) is 6. The molecule has 0 radical (unpaired) electrons. The van der Waals surface area contributed by atoms with Gasteiger partial charge >= 0.3 is 0 Å². The van der Waals surface area contributed by atoms with Crippen LogP contribution >= 0.6 is 12.4 Å². The van der Waals surface area contributed by atoms with E-state index in [0.29, 0.717) is 25.4 Å². The normalized spacial score (nSPS) is 15.7. The number of carbonyl (C=O) groups is 1. The number of benzene rings is 1. The van der Waals surface area contributed by atoms with Gasteiger partial charge in [0.05, 0.1) is 16.9 Å². The van der Waals surface area contributed by atoms with Crippen LogP contribution in [-0.4, -0.2) is 50.7 Å². The van der Waals surface area contributed by atoms with Gasteiger partial charge in [0.15, 0.2) is 0 Å². The number of rotatable bonds is 8. The largest absolute Gasteiger partial charge is 0.384 e. The van der Waals surface area contributed by atoms with E-state index >= 15 is 0 Å². The Kier molecular flexibility index (Phi) is 8.60. The van der Waals surface area contributed by atoms with Crippen molar-refractivity contribution in [2.24, 2.45) is 5.41 Å².